The molecular weight excluding hydrogens is 462 g/mol. The Labute approximate surface area is 205 Å². The SMILES string of the molecule is Cc1ccc2[nH]ncc2c1-n1c(N)c(C(N)=O)c2cnc(C3CC3)c(CCc3cc(F)ccc3F)c21. The van der Waals surface area contributed by atoms with Crippen molar-refractivity contribution >= 4 is 33.5 Å². The van der Waals surface area contributed by atoms with Crippen LogP contribution in [0.25, 0.3) is 27.5 Å². The molecule has 0 atom stereocenters. The number of aromatic amines is 1. The molecule has 36 heavy (non-hydrogen) atoms. The number of aryl methyl sites for hydroxylation is 3. The molecule has 182 valence electrons. The number of aromatic nitrogens is 4. The summed E-state index contributed by atoms with van der Waals surface area (Å²) >= 11 is 0. The number of benzene rings is 2. The molecule has 0 radical (unpaired) electrons. The molecule has 1 fully saturated rings. The minimum atomic E-state index is -0.656. The maximum atomic E-state index is 14.5. The number of anilines is 1. The molecule has 0 saturated heterocycles. The number of halogens is 2. The molecule has 7 nitrogen and oxygen atoms in total. The summed E-state index contributed by atoms with van der Waals surface area (Å²) in [5.41, 5.74) is 17.9. The molecule has 9 heteroatoms. The molecule has 3 heterocycles. The molecule has 1 aliphatic carbocycles. The highest BCUT2D eigenvalue weighted by Gasteiger charge is 2.32. The minimum Gasteiger partial charge on any atom is -0.384 e. The third-order valence-corrected chi connectivity index (χ3v) is 7.06. The van der Waals surface area contributed by atoms with E-state index in [2.05, 4.69) is 10.2 Å². The zero-order valence-corrected chi connectivity index (χ0v) is 19.6. The zero-order chi connectivity index (χ0) is 25.1. The molecule has 2 aromatic carbocycles. The van der Waals surface area contributed by atoms with Gasteiger partial charge in [0.05, 0.1) is 28.5 Å². The van der Waals surface area contributed by atoms with Gasteiger partial charge >= 0.3 is 0 Å². The second kappa shape index (κ2) is 8.15. The van der Waals surface area contributed by atoms with E-state index in [1.54, 1.807) is 12.4 Å². The maximum Gasteiger partial charge on any atom is 0.253 e. The summed E-state index contributed by atoms with van der Waals surface area (Å²) in [6.07, 6.45) is 6.02. The van der Waals surface area contributed by atoms with Gasteiger partial charge in [-0.25, -0.2) is 8.78 Å². The number of hydrogen-bond donors (Lipinski definition) is 3. The van der Waals surface area contributed by atoms with Gasteiger partial charge in [-0.15, -0.1) is 0 Å². The molecule has 3 aromatic heterocycles. The highest BCUT2D eigenvalue weighted by Crippen LogP contribution is 2.45. The number of nitrogens with two attached hydrogens (primary N) is 2. The van der Waals surface area contributed by atoms with Crippen molar-refractivity contribution in [3.05, 3.63) is 82.3 Å². The van der Waals surface area contributed by atoms with Crippen molar-refractivity contribution in [2.75, 3.05) is 5.73 Å². The summed E-state index contributed by atoms with van der Waals surface area (Å²) < 4.78 is 30.2. The second-order valence-corrected chi connectivity index (χ2v) is 9.42. The van der Waals surface area contributed by atoms with Gasteiger partial charge in [0.1, 0.15) is 17.5 Å². The van der Waals surface area contributed by atoms with Gasteiger partial charge < -0.3 is 11.5 Å². The number of rotatable bonds is 6. The average molecular weight is 487 g/mol. The van der Waals surface area contributed by atoms with Crippen LogP contribution in [0.3, 0.4) is 0 Å². The summed E-state index contributed by atoms with van der Waals surface area (Å²) in [6.45, 7) is 1.96. The largest absolute Gasteiger partial charge is 0.384 e. The molecule has 6 rings (SSSR count). The third-order valence-electron chi connectivity index (χ3n) is 7.06. The Bertz CT molecular complexity index is 1680. The Kier molecular flexibility index (Phi) is 5.03. The third kappa shape index (κ3) is 3.42. The van der Waals surface area contributed by atoms with Crippen molar-refractivity contribution in [2.45, 2.75) is 38.5 Å². The first-order chi connectivity index (χ1) is 17.3. The second-order valence-electron chi connectivity index (χ2n) is 9.42. The summed E-state index contributed by atoms with van der Waals surface area (Å²) in [5, 5.41) is 8.55. The molecule has 1 aliphatic rings. The quantitative estimate of drug-likeness (QED) is 0.319. The minimum absolute atomic E-state index is 0.193. The molecule has 0 aliphatic heterocycles. The summed E-state index contributed by atoms with van der Waals surface area (Å²) in [5.74, 6) is -1.12. The molecule has 1 saturated carbocycles. The molecule has 0 unspecified atom stereocenters. The van der Waals surface area contributed by atoms with Crippen molar-refractivity contribution in [1.29, 1.82) is 0 Å². The lowest BCUT2D eigenvalue weighted by atomic mass is 9.98. The topological polar surface area (TPSA) is 116 Å². The highest BCUT2D eigenvalue weighted by molar-refractivity contribution is 6.13. The van der Waals surface area contributed by atoms with Crippen molar-refractivity contribution in [3.63, 3.8) is 0 Å². The normalized spacial score (nSPS) is 13.6. The number of nitrogens with zero attached hydrogens (tertiary/aromatic N) is 3. The summed E-state index contributed by atoms with van der Waals surface area (Å²) in [7, 11) is 0. The number of fused-ring (bicyclic) bond motifs is 2. The Morgan fingerprint density at radius 2 is 1.94 bits per heavy atom. The first kappa shape index (κ1) is 22.2. The van der Waals surface area contributed by atoms with E-state index in [0.29, 0.717) is 17.3 Å². The van der Waals surface area contributed by atoms with Crippen LogP contribution in [0.15, 0.2) is 42.7 Å². The molecule has 5 aromatic rings. The predicted molar refractivity (Wildman–Crippen MR) is 134 cm³/mol. The van der Waals surface area contributed by atoms with E-state index in [4.69, 9.17) is 16.5 Å². The number of hydrogen-bond acceptors (Lipinski definition) is 4. The number of primary amides is 1. The van der Waals surface area contributed by atoms with Crippen LogP contribution in [0.2, 0.25) is 0 Å². The number of pyridine rings is 1. The van der Waals surface area contributed by atoms with Gasteiger partial charge in [-0.2, -0.15) is 5.10 Å². The van der Waals surface area contributed by atoms with Crippen molar-refractivity contribution in [1.82, 2.24) is 19.7 Å². The lowest BCUT2D eigenvalue weighted by molar-refractivity contribution is 0.100. The zero-order valence-electron chi connectivity index (χ0n) is 19.6. The molecular formula is C27H24F2N6O. The fourth-order valence-corrected chi connectivity index (χ4v) is 5.21. The standard InChI is InChI=1S/C27H24F2N6O/c1-13-2-9-21-18(12-33-34-21)24(13)35-25-17(7-5-15-10-16(28)6-8-20(15)29)23(14-3-4-14)32-11-19(25)22(26(35)30)27(31)36/h2,6,8-12,14H,3-5,7,30H2,1H3,(H2,31,36)(H,33,34). The molecule has 0 bridgehead atoms. The van der Waals surface area contributed by atoms with Gasteiger partial charge in [0.25, 0.3) is 5.91 Å². The van der Waals surface area contributed by atoms with E-state index in [-0.39, 0.29) is 29.3 Å². The van der Waals surface area contributed by atoms with Crippen LogP contribution in [0.4, 0.5) is 14.6 Å². The van der Waals surface area contributed by atoms with Gasteiger partial charge in [0.15, 0.2) is 0 Å². The van der Waals surface area contributed by atoms with Crippen LogP contribution in [-0.2, 0) is 12.8 Å². The van der Waals surface area contributed by atoms with Crippen molar-refractivity contribution < 1.29 is 13.6 Å². The first-order valence-electron chi connectivity index (χ1n) is 11.8. The van der Waals surface area contributed by atoms with Crippen LogP contribution in [0.1, 0.15) is 51.5 Å². The number of nitrogen functional groups attached to an aromatic ring is 1. The average Bonchev–Trinajstić information content (AvgIpc) is 3.50. The smallest absolute Gasteiger partial charge is 0.253 e. The molecule has 0 spiro atoms. The fourth-order valence-electron chi connectivity index (χ4n) is 5.21. The lowest BCUT2D eigenvalue weighted by Crippen LogP contribution is -2.14. The van der Waals surface area contributed by atoms with Gasteiger partial charge in [-0.3, -0.25) is 19.4 Å². The summed E-state index contributed by atoms with van der Waals surface area (Å²) in [6, 6.07) is 7.35. The van der Waals surface area contributed by atoms with E-state index in [1.807, 2.05) is 23.6 Å². The Morgan fingerprint density at radius 3 is 2.69 bits per heavy atom. The van der Waals surface area contributed by atoms with E-state index < -0.39 is 17.5 Å². The number of H-pyrrole nitrogens is 1. The van der Waals surface area contributed by atoms with E-state index in [9.17, 15) is 13.6 Å². The van der Waals surface area contributed by atoms with Crippen molar-refractivity contribution in [3.8, 4) is 5.69 Å². The van der Waals surface area contributed by atoms with Gasteiger partial charge in [-0.05, 0) is 73.6 Å². The van der Waals surface area contributed by atoms with Crippen molar-refractivity contribution in [2.24, 2.45) is 5.73 Å². The van der Waals surface area contributed by atoms with E-state index in [1.165, 1.54) is 6.07 Å². The number of carbonyl (C=O) groups is 1. The van der Waals surface area contributed by atoms with Gasteiger partial charge in [0, 0.05) is 28.6 Å². The van der Waals surface area contributed by atoms with Gasteiger partial charge in [-0.1, -0.05) is 6.07 Å². The molecule has 5 N–H and O–H groups in total. The van der Waals surface area contributed by atoms with Crippen LogP contribution < -0.4 is 11.5 Å². The van der Waals surface area contributed by atoms with Crippen LogP contribution in [0.5, 0.6) is 0 Å². The Morgan fingerprint density at radius 1 is 1.14 bits per heavy atom. The van der Waals surface area contributed by atoms with Crippen LogP contribution in [-0.4, -0.2) is 25.7 Å². The van der Waals surface area contributed by atoms with Gasteiger partial charge in [0.2, 0.25) is 0 Å². The number of carbonyl (C=O) groups excluding carboxylic acids is 1. The lowest BCUT2D eigenvalue weighted by Gasteiger charge is -2.17. The Hall–Kier alpha value is -4.27. The predicted octanol–water partition coefficient (Wildman–Crippen LogP) is 4.83. The molecule has 1 amide bonds. The van der Waals surface area contributed by atoms with Crippen LogP contribution >= 0.6 is 0 Å². The highest BCUT2D eigenvalue weighted by atomic mass is 19.1. The maximum absolute atomic E-state index is 14.5. The van der Waals surface area contributed by atoms with Crippen LogP contribution in [0, 0.1) is 18.6 Å². The van der Waals surface area contributed by atoms with E-state index >= 15 is 0 Å². The Balaban J connectivity index is 1.66. The van der Waals surface area contributed by atoms with E-state index in [0.717, 1.165) is 58.4 Å². The first-order valence-corrected chi connectivity index (χ1v) is 11.8. The fraction of sp³-hybridized carbons (Fsp3) is 0.222. The summed E-state index contributed by atoms with van der Waals surface area (Å²) in [4.78, 5) is 17.3. The number of amides is 1. The monoisotopic (exact) mass is 486 g/mol. The number of nitrogens with one attached hydrogen (secondary N) is 1.